The molecule has 8 heteroatoms. The van der Waals surface area contributed by atoms with E-state index in [1.54, 1.807) is 15.6 Å². The van der Waals surface area contributed by atoms with Crippen molar-refractivity contribution in [2.45, 2.75) is 38.1 Å². The summed E-state index contributed by atoms with van der Waals surface area (Å²) < 4.78 is 26.9. The highest BCUT2D eigenvalue weighted by Gasteiger charge is 2.24. The van der Waals surface area contributed by atoms with Gasteiger partial charge in [0, 0.05) is 18.8 Å². The van der Waals surface area contributed by atoms with E-state index in [1.807, 2.05) is 27.1 Å². The molecule has 0 fully saturated rings. The summed E-state index contributed by atoms with van der Waals surface area (Å²) in [6.07, 6.45) is 4.70. The Labute approximate surface area is 118 Å². The summed E-state index contributed by atoms with van der Waals surface area (Å²) >= 11 is 0. The van der Waals surface area contributed by atoms with Crippen molar-refractivity contribution in [3.05, 3.63) is 29.3 Å². The van der Waals surface area contributed by atoms with E-state index in [4.69, 9.17) is 5.14 Å². The zero-order chi connectivity index (χ0) is 14.9. The van der Waals surface area contributed by atoms with Crippen molar-refractivity contribution in [3.8, 4) is 0 Å². The fourth-order valence-corrected chi connectivity index (χ4v) is 3.39. The zero-order valence-corrected chi connectivity index (χ0v) is 12.7. The van der Waals surface area contributed by atoms with E-state index in [2.05, 4.69) is 10.2 Å². The van der Waals surface area contributed by atoms with Crippen molar-refractivity contribution in [3.63, 3.8) is 0 Å². The summed E-state index contributed by atoms with van der Waals surface area (Å²) in [5, 5.41) is 13.8. The van der Waals surface area contributed by atoms with Crippen LogP contribution in [0, 0.1) is 0 Å². The number of rotatable bonds is 5. The summed E-state index contributed by atoms with van der Waals surface area (Å²) in [6.45, 7) is 4.25. The number of sulfonamides is 1. The first-order valence-electron chi connectivity index (χ1n) is 6.45. The van der Waals surface area contributed by atoms with E-state index < -0.39 is 10.0 Å². The fraction of sp³-hybridized carbons (Fsp3) is 0.500. The van der Waals surface area contributed by atoms with Crippen LogP contribution in [0.2, 0.25) is 0 Å². The number of nitrogens with zero attached hydrogens (tertiary/aromatic N) is 4. The molecule has 2 N–H and O–H groups in total. The largest absolute Gasteiger partial charge is 0.275 e. The molecule has 0 atom stereocenters. The molecule has 0 unspecified atom stereocenters. The zero-order valence-electron chi connectivity index (χ0n) is 11.9. The minimum atomic E-state index is -3.76. The first-order valence-corrected chi connectivity index (χ1v) is 8.00. The van der Waals surface area contributed by atoms with Gasteiger partial charge in [0.1, 0.15) is 4.90 Å². The number of hydrogen-bond donors (Lipinski definition) is 1. The molecule has 0 saturated carbocycles. The average Bonchev–Trinajstić information content (AvgIpc) is 2.92. The quantitative estimate of drug-likeness (QED) is 0.866. The molecular formula is C12H19N5O2S. The molecule has 2 heterocycles. The van der Waals surface area contributed by atoms with Gasteiger partial charge in [-0.05, 0) is 12.8 Å². The van der Waals surface area contributed by atoms with Gasteiger partial charge in [0.15, 0.2) is 0 Å². The highest BCUT2D eigenvalue weighted by atomic mass is 32.2. The van der Waals surface area contributed by atoms with Gasteiger partial charge in [0.25, 0.3) is 0 Å². The van der Waals surface area contributed by atoms with E-state index in [0.717, 1.165) is 5.56 Å². The van der Waals surface area contributed by atoms with Crippen LogP contribution in [0.15, 0.2) is 17.3 Å². The van der Waals surface area contributed by atoms with E-state index in [1.165, 1.54) is 0 Å². The van der Waals surface area contributed by atoms with Crippen molar-refractivity contribution in [1.29, 1.82) is 0 Å². The van der Waals surface area contributed by atoms with E-state index in [9.17, 15) is 8.42 Å². The van der Waals surface area contributed by atoms with Crippen molar-refractivity contribution in [2.24, 2.45) is 12.2 Å². The Hall–Kier alpha value is -1.67. The van der Waals surface area contributed by atoms with Gasteiger partial charge in [-0.1, -0.05) is 13.8 Å². The minimum Gasteiger partial charge on any atom is -0.275 e. The van der Waals surface area contributed by atoms with Crippen LogP contribution in [0.5, 0.6) is 0 Å². The van der Waals surface area contributed by atoms with Gasteiger partial charge < -0.3 is 0 Å². The summed E-state index contributed by atoms with van der Waals surface area (Å²) in [5.41, 5.74) is 2.13. The maximum absolute atomic E-state index is 11.8. The smallest absolute Gasteiger partial charge is 0.241 e. The molecule has 7 nitrogen and oxygen atoms in total. The van der Waals surface area contributed by atoms with Crippen LogP contribution in [0.4, 0.5) is 0 Å². The number of hydrogen-bond acceptors (Lipinski definition) is 4. The normalized spacial score (nSPS) is 12.0. The second kappa shape index (κ2) is 5.37. The van der Waals surface area contributed by atoms with Gasteiger partial charge in [0.05, 0.1) is 24.1 Å². The van der Waals surface area contributed by atoms with Crippen LogP contribution in [0.25, 0.3) is 0 Å². The monoisotopic (exact) mass is 297 g/mol. The SMILES string of the molecule is CCc1nn(Cc2cnn(C)c2)c(CC)c1S(N)(=O)=O. The maximum atomic E-state index is 11.8. The van der Waals surface area contributed by atoms with Crippen molar-refractivity contribution in [2.75, 3.05) is 0 Å². The van der Waals surface area contributed by atoms with Crippen molar-refractivity contribution >= 4 is 10.0 Å². The molecule has 0 saturated heterocycles. The van der Waals surface area contributed by atoms with E-state index >= 15 is 0 Å². The van der Waals surface area contributed by atoms with Crippen molar-refractivity contribution in [1.82, 2.24) is 19.6 Å². The Bertz CT molecular complexity index is 714. The molecule has 0 radical (unpaired) electrons. The molecule has 0 bridgehead atoms. The molecule has 0 spiro atoms. The molecule has 2 rings (SSSR count). The molecule has 2 aromatic rings. The van der Waals surface area contributed by atoms with Crippen LogP contribution in [0.1, 0.15) is 30.8 Å². The molecule has 0 aliphatic heterocycles. The standard InChI is InChI=1S/C12H19N5O2S/c1-4-10-12(20(13,18)19)11(5-2)17(15-10)8-9-6-14-16(3)7-9/h6-7H,4-5,8H2,1-3H3,(H2,13,18,19). The summed E-state index contributed by atoms with van der Waals surface area (Å²) in [5.74, 6) is 0. The molecule has 20 heavy (non-hydrogen) atoms. The van der Waals surface area contributed by atoms with Crippen LogP contribution in [-0.4, -0.2) is 28.0 Å². The van der Waals surface area contributed by atoms with Gasteiger partial charge in [-0.2, -0.15) is 10.2 Å². The van der Waals surface area contributed by atoms with E-state index in [-0.39, 0.29) is 4.90 Å². The predicted molar refractivity (Wildman–Crippen MR) is 74.7 cm³/mol. The van der Waals surface area contributed by atoms with Gasteiger partial charge in [0.2, 0.25) is 10.0 Å². The molecule has 110 valence electrons. The topological polar surface area (TPSA) is 95.8 Å². The molecular weight excluding hydrogens is 278 g/mol. The minimum absolute atomic E-state index is 0.173. The molecule has 2 aromatic heterocycles. The van der Waals surface area contributed by atoms with Crippen molar-refractivity contribution < 1.29 is 8.42 Å². The predicted octanol–water partition coefficient (Wildman–Crippen LogP) is 0.437. The Morgan fingerprint density at radius 3 is 2.45 bits per heavy atom. The van der Waals surface area contributed by atoms with Gasteiger partial charge >= 0.3 is 0 Å². The molecule has 0 aliphatic rings. The fourth-order valence-electron chi connectivity index (χ4n) is 2.30. The molecule has 0 aliphatic carbocycles. The highest BCUT2D eigenvalue weighted by Crippen LogP contribution is 2.21. The first kappa shape index (κ1) is 14.7. The second-order valence-corrected chi connectivity index (χ2v) is 6.15. The van der Waals surface area contributed by atoms with E-state index in [0.29, 0.717) is 30.8 Å². The lowest BCUT2D eigenvalue weighted by molar-refractivity contribution is 0.594. The van der Waals surface area contributed by atoms with Crippen LogP contribution in [0.3, 0.4) is 0 Å². The Morgan fingerprint density at radius 1 is 1.30 bits per heavy atom. The lowest BCUT2D eigenvalue weighted by Gasteiger charge is -2.05. The van der Waals surface area contributed by atoms with Gasteiger partial charge in [-0.3, -0.25) is 9.36 Å². The van der Waals surface area contributed by atoms with Gasteiger partial charge in [-0.25, -0.2) is 13.6 Å². The second-order valence-electron chi connectivity index (χ2n) is 4.65. The number of nitrogens with two attached hydrogens (primary N) is 1. The third-order valence-corrected chi connectivity index (χ3v) is 4.16. The number of aryl methyl sites for hydroxylation is 2. The third kappa shape index (κ3) is 2.75. The first-order chi connectivity index (χ1) is 9.36. The maximum Gasteiger partial charge on any atom is 0.241 e. The Kier molecular flexibility index (Phi) is 3.96. The Morgan fingerprint density at radius 2 is 2.00 bits per heavy atom. The highest BCUT2D eigenvalue weighted by molar-refractivity contribution is 7.89. The van der Waals surface area contributed by atoms with Crippen LogP contribution in [-0.2, 0) is 36.5 Å². The number of primary sulfonamides is 1. The van der Waals surface area contributed by atoms with Gasteiger partial charge in [-0.15, -0.1) is 0 Å². The summed E-state index contributed by atoms with van der Waals surface area (Å²) in [7, 11) is -1.92. The third-order valence-electron chi connectivity index (χ3n) is 3.12. The van der Waals surface area contributed by atoms with Crippen LogP contribution >= 0.6 is 0 Å². The lowest BCUT2D eigenvalue weighted by Crippen LogP contribution is -2.16. The lowest BCUT2D eigenvalue weighted by atomic mass is 10.2. The average molecular weight is 297 g/mol. The van der Waals surface area contributed by atoms with Crippen LogP contribution < -0.4 is 5.14 Å². The number of aromatic nitrogens is 4. The summed E-state index contributed by atoms with van der Waals surface area (Å²) in [6, 6.07) is 0. The molecule has 0 aromatic carbocycles. The Balaban J connectivity index is 2.51. The summed E-state index contributed by atoms with van der Waals surface area (Å²) in [4.78, 5) is 0.173. The molecule has 0 amide bonds.